The van der Waals surface area contributed by atoms with Crippen molar-refractivity contribution in [2.45, 2.75) is 13.3 Å². The maximum atomic E-state index is 4.72. The quantitative estimate of drug-likeness (QED) is 0.545. The molecule has 0 atom stereocenters. The first-order valence-corrected chi connectivity index (χ1v) is 8.15. The number of thiazole rings is 1. The molecule has 0 bridgehead atoms. The first-order chi connectivity index (χ1) is 9.85. The molecule has 20 heavy (non-hydrogen) atoms. The van der Waals surface area contributed by atoms with Crippen LogP contribution in [-0.2, 0) is 6.42 Å². The Bertz CT molecular complexity index is 875. The van der Waals surface area contributed by atoms with E-state index in [1.165, 1.54) is 4.70 Å². The number of aryl methyl sites for hydroxylation is 1. The van der Waals surface area contributed by atoms with Gasteiger partial charge in [0.25, 0.3) is 0 Å². The summed E-state index contributed by atoms with van der Waals surface area (Å²) in [4.78, 5) is 14.0. The monoisotopic (exact) mass is 297 g/mol. The van der Waals surface area contributed by atoms with Crippen LogP contribution in [0.5, 0.6) is 0 Å². The summed E-state index contributed by atoms with van der Waals surface area (Å²) in [6, 6.07) is 10.3. The van der Waals surface area contributed by atoms with Crippen LogP contribution >= 0.6 is 22.7 Å². The molecular formula is C15H11N3S2. The lowest BCUT2D eigenvalue weighted by atomic mass is 10.3. The molecule has 3 aromatic heterocycles. The van der Waals surface area contributed by atoms with Gasteiger partial charge in [-0.25, -0.2) is 15.0 Å². The summed E-state index contributed by atoms with van der Waals surface area (Å²) in [6.07, 6.45) is 0.837. The van der Waals surface area contributed by atoms with Crippen LogP contribution in [0.4, 0.5) is 0 Å². The predicted octanol–water partition coefficient (Wildman–Crippen LogP) is 4.53. The smallest absolute Gasteiger partial charge is 0.144 e. The third kappa shape index (κ3) is 1.82. The van der Waals surface area contributed by atoms with Gasteiger partial charge in [0.15, 0.2) is 0 Å². The summed E-state index contributed by atoms with van der Waals surface area (Å²) in [7, 11) is 0. The molecule has 0 aliphatic rings. The Morgan fingerprint density at radius 1 is 1.00 bits per heavy atom. The van der Waals surface area contributed by atoms with Gasteiger partial charge in [0.2, 0.25) is 0 Å². The predicted molar refractivity (Wildman–Crippen MR) is 85.4 cm³/mol. The van der Waals surface area contributed by atoms with E-state index in [0.29, 0.717) is 0 Å². The molecule has 0 fully saturated rings. The standard InChI is InChI=1S/C15H11N3S2/c1-2-12-16-10-7-8-19-14(10)13(18-12)15-17-9-5-3-4-6-11(9)20-15/h3-8H,2H2,1H3. The van der Waals surface area contributed by atoms with Crippen LogP contribution in [0.2, 0.25) is 0 Å². The van der Waals surface area contributed by atoms with Crippen molar-refractivity contribution in [2.75, 3.05) is 0 Å². The van der Waals surface area contributed by atoms with Crippen LogP contribution in [0.25, 0.3) is 31.1 Å². The molecule has 0 aliphatic heterocycles. The van der Waals surface area contributed by atoms with Crippen LogP contribution in [0.1, 0.15) is 12.7 Å². The van der Waals surface area contributed by atoms with E-state index in [2.05, 4.69) is 29.4 Å². The summed E-state index contributed by atoms with van der Waals surface area (Å²) < 4.78 is 2.32. The number of rotatable bonds is 2. The van der Waals surface area contributed by atoms with E-state index in [4.69, 9.17) is 9.97 Å². The molecule has 5 heteroatoms. The van der Waals surface area contributed by atoms with Crippen molar-refractivity contribution in [3.05, 3.63) is 41.5 Å². The second-order valence-corrected chi connectivity index (χ2v) is 6.41. The van der Waals surface area contributed by atoms with Gasteiger partial charge in [0.1, 0.15) is 16.5 Å². The fourth-order valence-electron chi connectivity index (χ4n) is 2.19. The Kier molecular flexibility index (Phi) is 2.75. The van der Waals surface area contributed by atoms with E-state index in [9.17, 15) is 0 Å². The summed E-state index contributed by atoms with van der Waals surface area (Å²) in [5, 5.41) is 3.05. The Morgan fingerprint density at radius 2 is 1.90 bits per heavy atom. The molecule has 98 valence electrons. The molecule has 3 heterocycles. The first kappa shape index (κ1) is 11.9. The maximum Gasteiger partial charge on any atom is 0.144 e. The van der Waals surface area contributed by atoms with Crippen molar-refractivity contribution in [3.8, 4) is 10.7 Å². The fraction of sp³-hybridized carbons (Fsp3) is 0.133. The van der Waals surface area contributed by atoms with Crippen molar-refractivity contribution < 1.29 is 0 Å². The minimum Gasteiger partial charge on any atom is -0.234 e. The lowest BCUT2D eigenvalue weighted by Crippen LogP contribution is -1.95. The highest BCUT2D eigenvalue weighted by Gasteiger charge is 2.14. The summed E-state index contributed by atoms with van der Waals surface area (Å²) in [5.41, 5.74) is 3.04. The Morgan fingerprint density at radius 3 is 2.75 bits per heavy atom. The van der Waals surface area contributed by atoms with Gasteiger partial charge in [0, 0.05) is 6.42 Å². The van der Waals surface area contributed by atoms with Crippen molar-refractivity contribution in [3.63, 3.8) is 0 Å². The normalized spacial score (nSPS) is 11.4. The van der Waals surface area contributed by atoms with E-state index in [1.807, 2.05) is 18.2 Å². The van der Waals surface area contributed by atoms with Gasteiger partial charge in [-0.2, -0.15) is 0 Å². The van der Waals surface area contributed by atoms with Crippen LogP contribution in [0.15, 0.2) is 35.7 Å². The molecule has 0 saturated heterocycles. The molecule has 4 aromatic rings. The molecule has 3 nitrogen and oxygen atoms in total. The molecule has 0 N–H and O–H groups in total. The van der Waals surface area contributed by atoms with E-state index in [0.717, 1.165) is 38.7 Å². The molecule has 1 aromatic carbocycles. The number of hydrogen-bond acceptors (Lipinski definition) is 5. The maximum absolute atomic E-state index is 4.72. The number of nitrogens with zero attached hydrogens (tertiary/aromatic N) is 3. The molecule has 0 unspecified atom stereocenters. The van der Waals surface area contributed by atoms with Crippen LogP contribution < -0.4 is 0 Å². The third-order valence-electron chi connectivity index (χ3n) is 3.16. The van der Waals surface area contributed by atoms with Crippen molar-refractivity contribution in [1.82, 2.24) is 15.0 Å². The van der Waals surface area contributed by atoms with Gasteiger partial charge in [-0.05, 0) is 23.6 Å². The van der Waals surface area contributed by atoms with Crippen molar-refractivity contribution in [1.29, 1.82) is 0 Å². The Labute approximate surface area is 124 Å². The zero-order valence-electron chi connectivity index (χ0n) is 10.8. The molecule has 0 spiro atoms. The minimum atomic E-state index is 0.837. The molecular weight excluding hydrogens is 286 g/mol. The van der Waals surface area contributed by atoms with E-state index in [-0.39, 0.29) is 0 Å². The van der Waals surface area contributed by atoms with Crippen LogP contribution in [0, 0.1) is 0 Å². The second-order valence-electron chi connectivity index (χ2n) is 4.46. The van der Waals surface area contributed by atoms with Crippen LogP contribution in [-0.4, -0.2) is 15.0 Å². The second kappa shape index (κ2) is 4.61. The van der Waals surface area contributed by atoms with Gasteiger partial charge in [0.05, 0.1) is 20.4 Å². The lowest BCUT2D eigenvalue weighted by molar-refractivity contribution is 0.965. The molecule has 0 amide bonds. The Hall–Kier alpha value is -1.85. The molecule has 4 rings (SSSR count). The summed E-state index contributed by atoms with van der Waals surface area (Å²) in [5.74, 6) is 0.880. The van der Waals surface area contributed by atoms with Gasteiger partial charge < -0.3 is 0 Å². The highest BCUT2D eigenvalue weighted by Crippen LogP contribution is 2.35. The van der Waals surface area contributed by atoms with Gasteiger partial charge >= 0.3 is 0 Å². The largest absolute Gasteiger partial charge is 0.234 e. The highest BCUT2D eigenvalue weighted by molar-refractivity contribution is 7.22. The Balaban J connectivity index is 2.02. The van der Waals surface area contributed by atoms with E-state index >= 15 is 0 Å². The zero-order chi connectivity index (χ0) is 13.5. The van der Waals surface area contributed by atoms with Gasteiger partial charge in [-0.15, -0.1) is 22.7 Å². The summed E-state index contributed by atoms with van der Waals surface area (Å²) >= 11 is 3.37. The number of fused-ring (bicyclic) bond motifs is 2. The fourth-order valence-corrected chi connectivity index (χ4v) is 4.04. The van der Waals surface area contributed by atoms with Gasteiger partial charge in [-0.3, -0.25) is 0 Å². The van der Waals surface area contributed by atoms with Gasteiger partial charge in [-0.1, -0.05) is 19.1 Å². The van der Waals surface area contributed by atoms with Crippen molar-refractivity contribution >= 4 is 43.1 Å². The average Bonchev–Trinajstić information content (AvgIpc) is 3.12. The van der Waals surface area contributed by atoms with E-state index in [1.54, 1.807) is 22.7 Å². The van der Waals surface area contributed by atoms with Crippen molar-refractivity contribution in [2.24, 2.45) is 0 Å². The highest BCUT2D eigenvalue weighted by atomic mass is 32.1. The third-order valence-corrected chi connectivity index (χ3v) is 5.12. The number of aromatic nitrogens is 3. The lowest BCUT2D eigenvalue weighted by Gasteiger charge is -2.01. The first-order valence-electron chi connectivity index (χ1n) is 6.45. The number of benzene rings is 1. The molecule has 0 radical (unpaired) electrons. The molecule has 0 saturated carbocycles. The zero-order valence-corrected chi connectivity index (χ0v) is 12.5. The molecule has 0 aliphatic carbocycles. The number of thiophene rings is 1. The minimum absolute atomic E-state index is 0.837. The SMILES string of the molecule is CCc1nc(-c2nc3ccccc3s2)c2sccc2n1. The van der Waals surface area contributed by atoms with E-state index < -0.39 is 0 Å². The average molecular weight is 297 g/mol. The number of hydrogen-bond donors (Lipinski definition) is 0. The summed E-state index contributed by atoms with van der Waals surface area (Å²) in [6.45, 7) is 2.08. The number of para-hydroxylation sites is 1. The van der Waals surface area contributed by atoms with Crippen LogP contribution in [0.3, 0.4) is 0 Å². The topological polar surface area (TPSA) is 38.7 Å².